The number of hydrogen-bond acceptors (Lipinski definition) is 5. The smallest absolute Gasteiger partial charge is 0.313 e. The Hall–Kier alpha value is -1.47. The Balaban J connectivity index is 2.13. The lowest BCUT2D eigenvalue weighted by Crippen LogP contribution is -2.49. The Morgan fingerprint density at radius 3 is 2.94 bits per heavy atom. The second kappa shape index (κ2) is 4.66. The number of carboxylic acid groups (broad SMARTS) is 1. The lowest BCUT2D eigenvalue weighted by molar-refractivity contribution is -0.148. The number of carbonyl (C=O) groups excluding carboxylic acids is 1. The lowest BCUT2D eigenvalue weighted by Gasteiger charge is -2.25. The summed E-state index contributed by atoms with van der Waals surface area (Å²) >= 11 is 1.24. The maximum absolute atomic E-state index is 12.0. The molecular weight excluding hydrogens is 256 g/mol. The Morgan fingerprint density at radius 2 is 2.39 bits per heavy atom. The number of rotatable bonds is 3. The SMILES string of the molecule is Cc1ncsc1C(=O)NC1COCC1(C)C(=O)O. The molecule has 1 aliphatic heterocycles. The van der Waals surface area contributed by atoms with Crippen LogP contribution < -0.4 is 5.32 Å². The molecule has 1 saturated heterocycles. The van der Waals surface area contributed by atoms with Crippen molar-refractivity contribution in [2.45, 2.75) is 19.9 Å². The molecule has 1 aromatic rings. The molecule has 98 valence electrons. The number of carbonyl (C=O) groups is 2. The van der Waals surface area contributed by atoms with Crippen LogP contribution in [0.5, 0.6) is 0 Å². The van der Waals surface area contributed by atoms with Gasteiger partial charge in [0.15, 0.2) is 0 Å². The van der Waals surface area contributed by atoms with E-state index in [1.807, 2.05) is 0 Å². The van der Waals surface area contributed by atoms with E-state index in [-0.39, 0.29) is 19.1 Å². The van der Waals surface area contributed by atoms with Gasteiger partial charge in [-0.1, -0.05) is 0 Å². The third-order valence-corrected chi connectivity index (χ3v) is 4.13. The van der Waals surface area contributed by atoms with E-state index < -0.39 is 17.4 Å². The molecule has 0 spiro atoms. The van der Waals surface area contributed by atoms with E-state index >= 15 is 0 Å². The number of amides is 1. The zero-order chi connectivity index (χ0) is 13.3. The van der Waals surface area contributed by atoms with Crippen LogP contribution in [0.2, 0.25) is 0 Å². The minimum absolute atomic E-state index is 0.106. The Morgan fingerprint density at radius 1 is 1.67 bits per heavy atom. The predicted molar refractivity (Wildman–Crippen MR) is 64.7 cm³/mol. The van der Waals surface area contributed by atoms with E-state index in [4.69, 9.17) is 4.74 Å². The van der Waals surface area contributed by atoms with Gasteiger partial charge in [-0.05, 0) is 13.8 Å². The fourth-order valence-corrected chi connectivity index (χ4v) is 2.53. The second-order valence-electron chi connectivity index (χ2n) is 4.53. The zero-order valence-electron chi connectivity index (χ0n) is 10.1. The van der Waals surface area contributed by atoms with Gasteiger partial charge in [0, 0.05) is 0 Å². The standard InChI is InChI=1S/C11H14N2O4S/c1-6-8(18-5-12-6)9(14)13-7-3-17-4-11(7,2)10(15)16/h5,7H,3-4H2,1-2H3,(H,13,14)(H,15,16). The van der Waals surface area contributed by atoms with Crippen LogP contribution in [0.1, 0.15) is 22.3 Å². The summed E-state index contributed by atoms with van der Waals surface area (Å²) in [7, 11) is 0. The maximum Gasteiger partial charge on any atom is 0.313 e. The van der Waals surface area contributed by atoms with Gasteiger partial charge in [0.05, 0.1) is 30.5 Å². The first-order chi connectivity index (χ1) is 8.45. The molecule has 1 fully saturated rings. The number of nitrogens with one attached hydrogen (secondary N) is 1. The van der Waals surface area contributed by atoms with Crippen LogP contribution in [-0.2, 0) is 9.53 Å². The summed E-state index contributed by atoms with van der Waals surface area (Å²) in [6, 6.07) is -0.524. The number of thiazole rings is 1. The maximum atomic E-state index is 12.0. The largest absolute Gasteiger partial charge is 0.481 e. The van der Waals surface area contributed by atoms with Crippen molar-refractivity contribution in [2.24, 2.45) is 5.41 Å². The molecule has 2 atom stereocenters. The van der Waals surface area contributed by atoms with Crippen molar-refractivity contribution in [1.29, 1.82) is 0 Å². The van der Waals surface area contributed by atoms with Gasteiger partial charge in [-0.15, -0.1) is 11.3 Å². The van der Waals surface area contributed by atoms with Crippen molar-refractivity contribution in [3.05, 3.63) is 16.1 Å². The number of nitrogens with zero attached hydrogens (tertiary/aromatic N) is 1. The number of aromatic nitrogens is 1. The van der Waals surface area contributed by atoms with Gasteiger partial charge in [0.1, 0.15) is 10.3 Å². The highest BCUT2D eigenvalue weighted by Gasteiger charge is 2.47. The van der Waals surface area contributed by atoms with Crippen LogP contribution >= 0.6 is 11.3 Å². The first-order valence-electron chi connectivity index (χ1n) is 5.47. The monoisotopic (exact) mass is 270 g/mol. The lowest BCUT2D eigenvalue weighted by atomic mass is 9.85. The molecule has 6 nitrogen and oxygen atoms in total. The molecule has 2 unspecified atom stereocenters. The van der Waals surface area contributed by atoms with Gasteiger partial charge >= 0.3 is 5.97 Å². The first-order valence-corrected chi connectivity index (χ1v) is 6.35. The number of carboxylic acids is 1. The minimum Gasteiger partial charge on any atom is -0.481 e. The van der Waals surface area contributed by atoms with E-state index in [2.05, 4.69) is 10.3 Å². The van der Waals surface area contributed by atoms with Gasteiger partial charge in [0.2, 0.25) is 0 Å². The normalized spacial score (nSPS) is 27.1. The average molecular weight is 270 g/mol. The second-order valence-corrected chi connectivity index (χ2v) is 5.39. The summed E-state index contributed by atoms with van der Waals surface area (Å²) < 4.78 is 5.17. The van der Waals surface area contributed by atoms with E-state index in [9.17, 15) is 14.7 Å². The van der Waals surface area contributed by atoms with E-state index in [0.717, 1.165) is 0 Å². The quantitative estimate of drug-likeness (QED) is 0.842. The molecule has 2 heterocycles. The summed E-state index contributed by atoms with van der Waals surface area (Å²) in [6.45, 7) is 3.64. The highest BCUT2D eigenvalue weighted by atomic mass is 32.1. The molecule has 0 aliphatic carbocycles. The molecule has 2 rings (SSSR count). The topological polar surface area (TPSA) is 88.5 Å². The fourth-order valence-electron chi connectivity index (χ4n) is 1.83. The molecule has 1 aromatic heterocycles. The molecule has 0 bridgehead atoms. The first kappa shape index (κ1) is 13.0. The third kappa shape index (κ3) is 2.11. The van der Waals surface area contributed by atoms with Crippen molar-refractivity contribution in [1.82, 2.24) is 10.3 Å². The molecule has 0 aromatic carbocycles. The van der Waals surface area contributed by atoms with Crippen molar-refractivity contribution in [2.75, 3.05) is 13.2 Å². The summed E-state index contributed by atoms with van der Waals surface area (Å²) in [5.74, 6) is -1.26. The van der Waals surface area contributed by atoms with E-state index in [1.54, 1.807) is 19.4 Å². The molecule has 2 N–H and O–H groups in total. The van der Waals surface area contributed by atoms with E-state index in [0.29, 0.717) is 10.6 Å². The summed E-state index contributed by atoms with van der Waals surface area (Å²) in [4.78, 5) is 27.7. The predicted octanol–water partition coefficient (Wildman–Crippen LogP) is 0.671. The summed E-state index contributed by atoms with van der Waals surface area (Å²) in [6.07, 6.45) is 0. The highest BCUT2D eigenvalue weighted by Crippen LogP contribution is 2.29. The van der Waals surface area contributed by atoms with Crippen molar-refractivity contribution in [3.8, 4) is 0 Å². The van der Waals surface area contributed by atoms with Gasteiger partial charge in [-0.3, -0.25) is 9.59 Å². The Kier molecular flexibility index (Phi) is 3.36. The minimum atomic E-state index is -1.08. The number of ether oxygens (including phenoxy) is 1. The number of aryl methyl sites for hydroxylation is 1. The van der Waals surface area contributed by atoms with Crippen molar-refractivity contribution >= 4 is 23.2 Å². The van der Waals surface area contributed by atoms with Gasteiger partial charge in [-0.25, -0.2) is 4.98 Å². The van der Waals surface area contributed by atoms with Gasteiger partial charge in [0.25, 0.3) is 5.91 Å². The van der Waals surface area contributed by atoms with E-state index in [1.165, 1.54) is 11.3 Å². The van der Waals surface area contributed by atoms with Crippen molar-refractivity contribution < 1.29 is 19.4 Å². The molecule has 7 heteroatoms. The molecule has 1 amide bonds. The molecule has 18 heavy (non-hydrogen) atoms. The number of aliphatic carboxylic acids is 1. The summed E-state index contributed by atoms with van der Waals surface area (Å²) in [5.41, 5.74) is 1.16. The average Bonchev–Trinajstić information content (AvgIpc) is 2.87. The zero-order valence-corrected chi connectivity index (χ0v) is 10.9. The van der Waals surface area contributed by atoms with Crippen molar-refractivity contribution in [3.63, 3.8) is 0 Å². The number of hydrogen-bond donors (Lipinski definition) is 2. The molecule has 0 radical (unpaired) electrons. The van der Waals surface area contributed by atoms with Gasteiger partial charge < -0.3 is 15.2 Å². The van der Waals surface area contributed by atoms with Gasteiger partial charge in [-0.2, -0.15) is 0 Å². The van der Waals surface area contributed by atoms with Crippen LogP contribution in [-0.4, -0.2) is 41.2 Å². The highest BCUT2D eigenvalue weighted by molar-refractivity contribution is 7.11. The molecule has 1 aliphatic rings. The molecule has 0 saturated carbocycles. The van der Waals surface area contributed by atoms with Crippen LogP contribution in [0.3, 0.4) is 0 Å². The fraction of sp³-hybridized carbons (Fsp3) is 0.545. The van der Waals surface area contributed by atoms with Crippen LogP contribution in [0.15, 0.2) is 5.51 Å². The van der Waals surface area contributed by atoms with Crippen LogP contribution in [0, 0.1) is 12.3 Å². The summed E-state index contributed by atoms with van der Waals surface area (Å²) in [5, 5.41) is 11.9. The third-order valence-electron chi connectivity index (χ3n) is 3.20. The molecular formula is C11H14N2O4S. The Labute approximate surface area is 108 Å². The van der Waals surface area contributed by atoms with Crippen LogP contribution in [0.25, 0.3) is 0 Å². The van der Waals surface area contributed by atoms with Crippen LogP contribution in [0.4, 0.5) is 0 Å². The Bertz CT molecular complexity index is 487.